The zero-order valence-electron chi connectivity index (χ0n) is 12.6. The maximum absolute atomic E-state index is 3.65. The lowest BCUT2D eigenvalue weighted by Crippen LogP contribution is -2.34. The summed E-state index contributed by atoms with van der Waals surface area (Å²) in [6.45, 7) is 7.12. The SMILES string of the molecule is CCCNCC(C)(CCCc1ccccc1)C1CC1. The molecule has 0 aliphatic heterocycles. The molecule has 1 aliphatic carbocycles. The molecule has 1 nitrogen and oxygen atoms in total. The Morgan fingerprint density at radius 2 is 1.95 bits per heavy atom. The van der Waals surface area contributed by atoms with E-state index in [-0.39, 0.29) is 0 Å². The minimum Gasteiger partial charge on any atom is -0.316 e. The van der Waals surface area contributed by atoms with Crippen molar-refractivity contribution in [2.24, 2.45) is 11.3 Å². The van der Waals surface area contributed by atoms with E-state index in [0.717, 1.165) is 5.92 Å². The third-order valence-electron chi connectivity index (χ3n) is 4.57. The first-order chi connectivity index (χ1) is 9.24. The van der Waals surface area contributed by atoms with Crippen LogP contribution in [0, 0.1) is 11.3 Å². The van der Waals surface area contributed by atoms with Gasteiger partial charge < -0.3 is 5.32 Å². The molecule has 19 heavy (non-hydrogen) atoms. The first kappa shape index (κ1) is 14.6. The second-order valence-corrected chi connectivity index (χ2v) is 6.44. The van der Waals surface area contributed by atoms with Crippen LogP contribution in [-0.4, -0.2) is 13.1 Å². The van der Waals surface area contributed by atoms with Crippen LogP contribution in [0.3, 0.4) is 0 Å². The molecule has 0 heterocycles. The van der Waals surface area contributed by atoms with Crippen LogP contribution in [-0.2, 0) is 6.42 Å². The Balaban J connectivity index is 1.77. The zero-order valence-corrected chi connectivity index (χ0v) is 12.6. The maximum atomic E-state index is 3.65. The topological polar surface area (TPSA) is 12.0 Å². The van der Waals surface area contributed by atoms with Gasteiger partial charge in [-0.1, -0.05) is 44.2 Å². The van der Waals surface area contributed by atoms with Gasteiger partial charge >= 0.3 is 0 Å². The van der Waals surface area contributed by atoms with Crippen LogP contribution in [0.1, 0.15) is 51.5 Å². The van der Waals surface area contributed by atoms with Crippen LogP contribution in [0.5, 0.6) is 0 Å². The maximum Gasteiger partial charge on any atom is 0.000781 e. The quantitative estimate of drug-likeness (QED) is 0.647. The fourth-order valence-corrected chi connectivity index (χ4v) is 3.11. The van der Waals surface area contributed by atoms with Crippen LogP contribution < -0.4 is 5.32 Å². The van der Waals surface area contributed by atoms with Crippen molar-refractivity contribution in [3.8, 4) is 0 Å². The number of benzene rings is 1. The third-order valence-corrected chi connectivity index (χ3v) is 4.57. The molecule has 1 heteroatoms. The molecule has 106 valence electrons. The molecule has 0 bridgehead atoms. The Kier molecular flexibility index (Phi) is 5.45. The van der Waals surface area contributed by atoms with Gasteiger partial charge in [-0.3, -0.25) is 0 Å². The largest absolute Gasteiger partial charge is 0.316 e. The molecule has 0 spiro atoms. The molecule has 1 unspecified atom stereocenters. The number of nitrogens with one attached hydrogen (secondary N) is 1. The normalized spacial score (nSPS) is 18.2. The summed E-state index contributed by atoms with van der Waals surface area (Å²) in [5, 5.41) is 3.65. The lowest BCUT2D eigenvalue weighted by atomic mass is 9.79. The molecular weight excluding hydrogens is 230 g/mol. The van der Waals surface area contributed by atoms with Crippen molar-refractivity contribution in [2.75, 3.05) is 13.1 Å². The molecule has 1 atom stereocenters. The molecule has 0 amide bonds. The van der Waals surface area contributed by atoms with Crippen molar-refractivity contribution in [1.82, 2.24) is 5.32 Å². The van der Waals surface area contributed by atoms with Crippen LogP contribution in [0.25, 0.3) is 0 Å². The highest BCUT2D eigenvalue weighted by Crippen LogP contribution is 2.48. The van der Waals surface area contributed by atoms with Gasteiger partial charge in [0.05, 0.1) is 0 Å². The van der Waals surface area contributed by atoms with Crippen molar-refractivity contribution in [2.45, 2.75) is 52.4 Å². The smallest absolute Gasteiger partial charge is 0.000781 e. The van der Waals surface area contributed by atoms with Crippen LogP contribution in [0.15, 0.2) is 30.3 Å². The minimum absolute atomic E-state index is 0.532. The summed E-state index contributed by atoms with van der Waals surface area (Å²) in [6, 6.07) is 10.9. The van der Waals surface area contributed by atoms with Gasteiger partial charge in [-0.25, -0.2) is 0 Å². The van der Waals surface area contributed by atoms with Crippen molar-refractivity contribution >= 4 is 0 Å². The summed E-state index contributed by atoms with van der Waals surface area (Å²) in [5.41, 5.74) is 2.02. The predicted octanol–water partition coefficient (Wildman–Crippen LogP) is 4.43. The Bertz CT molecular complexity index is 355. The van der Waals surface area contributed by atoms with Gasteiger partial charge in [-0.05, 0) is 62.0 Å². The van der Waals surface area contributed by atoms with Gasteiger partial charge in [0.1, 0.15) is 0 Å². The number of hydrogen-bond acceptors (Lipinski definition) is 1. The summed E-state index contributed by atoms with van der Waals surface area (Å²) >= 11 is 0. The number of aryl methyl sites for hydroxylation is 1. The average Bonchev–Trinajstić information content (AvgIpc) is 3.25. The van der Waals surface area contributed by atoms with Crippen LogP contribution in [0.4, 0.5) is 0 Å². The summed E-state index contributed by atoms with van der Waals surface area (Å²) in [5.74, 6) is 0.979. The van der Waals surface area contributed by atoms with Gasteiger partial charge in [0.2, 0.25) is 0 Å². The van der Waals surface area contributed by atoms with Gasteiger partial charge in [0.25, 0.3) is 0 Å². The van der Waals surface area contributed by atoms with E-state index in [1.54, 1.807) is 0 Å². The van der Waals surface area contributed by atoms with E-state index in [1.165, 1.54) is 57.2 Å². The molecule has 0 radical (unpaired) electrons. The molecule has 1 fully saturated rings. The molecule has 1 aromatic rings. The minimum atomic E-state index is 0.532. The lowest BCUT2D eigenvalue weighted by Gasteiger charge is -2.30. The van der Waals surface area contributed by atoms with E-state index in [2.05, 4.69) is 49.5 Å². The second kappa shape index (κ2) is 7.09. The van der Waals surface area contributed by atoms with E-state index in [0.29, 0.717) is 5.41 Å². The fourth-order valence-electron chi connectivity index (χ4n) is 3.11. The van der Waals surface area contributed by atoms with Crippen LogP contribution >= 0.6 is 0 Å². The first-order valence-electron chi connectivity index (χ1n) is 7.99. The highest BCUT2D eigenvalue weighted by Gasteiger charge is 2.40. The standard InChI is InChI=1S/C18H29N/c1-3-14-19-15-18(2,17-11-12-17)13-7-10-16-8-5-4-6-9-16/h4-6,8-9,17,19H,3,7,10-15H2,1-2H3. The van der Waals surface area contributed by atoms with E-state index in [1.807, 2.05) is 0 Å². The molecule has 0 aromatic heterocycles. The van der Waals surface area contributed by atoms with Crippen molar-refractivity contribution < 1.29 is 0 Å². The van der Waals surface area contributed by atoms with Crippen LogP contribution in [0.2, 0.25) is 0 Å². The summed E-state index contributed by atoms with van der Waals surface area (Å²) < 4.78 is 0. The molecule has 1 aromatic carbocycles. The molecule has 2 rings (SSSR count). The second-order valence-electron chi connectivity index (χ2n) is 6.44. The average molecular weight is 259 g/mol. The van der Waals surface area contributed by atoms with E-state index in [4.69, 9.17) is 0 Å². The van der Waals surface area contributed by atoms with Crippen molar-refractivity contribution in [1.29, 1.82) is 0 Å². The highest BCUT2D eigenvalue weighted by molar-refractivity contribution is 5.14. The van der Waals surface area contributed by atoms with Crippen molar-refractivity contribution in [3.63, 3.8) is 0 Å². The lowest BCUT2D eigenvalue weighted by molar-refractivity contribution is 0.231. The summed E-state index contributed by atoms with van der Waals surface area (Å²) in [7, 11) is 0. The van der Waals surface area contributed by atoms with Gasteiger partial charge in [0, 0.05) is 6.54 Å². The zero-order chi connectivity index (χ0) is 13.6. The van der Waals surface area contributed by atoms with Crippen molar-refractivity contribution in [3.05, 3.63) is 35.9 Å². The first-order valence-corrected chi connectivity index (χ1v) is 7.99. The molecule has 0 saturated heterocycles. The predicted molar refractivity (Wildman–Crippen MR) is 83.4 cm³/mol. The highest BCUT2D eigenvalue weighted by atomic mass is 14.9. The van der Waals surface area contributed by atoms with E-state index < -0.39 is 0 Å². The van der Waals surface area contributed by atoms with Gasteiger partial charge in [-0.2, -0.15) is 0 Å². The Labute approximate surface area is 118 Å². The fraction of sp³-hybridized carbons (Fsp3) is 0.667. The van der Waals surface area contributed by atoms with E-state index in [9.17, 15) is 0 Å². The molecular formula is C18H29N. The third kappa shape index (κ3) is 4.65. The summed E-state index contributed by atoms with van der Waals surface area (Å²) in [6.07, 6.45) is 8.07. The van der Waals surface area contributed by atoms with E-state index >= 15 is 0 Å². The number of rotatable bonds is 9. The van der Waals surface area contributed by atoms with Gasteiger partial charge in [-0.15, -0.1) is 0 Å². The summed E-state index contributed by atoms with van der Waals surface area (Å²) in [4.78, 5) is 0. The molecule has 1 aliphatic rings. The molecule has 1 N–H and O–H groups in total. The number of hydrogen-bond donors (Lipinski definition) is 1. The Morgan fingerprint density at radius 1 is 1.21 bits per heavy atom. The Hall–Kier alpha value is -0.820. The van der Waals surface area contributed by atoms with Gasteiger partial charge in [0.15, 0.2) is 0 Å². The Morgan fingerprint density at radius 3 is 2.58 bits per heavy atom. The monoisotopic (exact) mass is 259 g/mol. The molecule has 1 saturated carbocycles.